The second-order valence-corrected chi connectivity index (χ2v) is 3.85. The molecule has 4 nitrogen and oxygen atoms in total. The van der Waals surface area contributed by atoms with Gasteiger partial charge in [0.1, 0.15) is 6.29 Å². The SMILES string of the molecule is COc1cc(OC)c(OC)c(C(C)CC=O)c1F. The Morgan fingerprint density at radius 3 is 2.28 bits per heavy atom. The third kappa shape index (κ3) is 2.55. The van der Waals surface area contributed by atoms with Gasteiger partial charge in [0.15, 0.2) is 23.1 Å². The zero-order chi connectivity index (χ0) is 13.7. The van der Waals surface area contributed by atoms with E-state index in [4.69, 9.17) is 14.2 Å². The molecule has 1 aromatic rings. The van der Waals surface area contributed by atoms with Gasteiger partial charge in [-0.15, -0.1) is 0 Å². The number of carbonyl (C=O) groups excluding carboxylic acids is 1. The monoisotopic (exact) mass is 256 g/mol. The third-order valence-electron chi connectivity index (χ3n) is 2.77. The first-order valence-electron chi connectivity index (χ1n) is 5.52. The predicted molar refractivity (Wildman–Crippen MR) is 65.2 cm³/mol. The molecular weight excluding hydrogens is 239 g/mol. The van der Waals surface area contributed by atoms with Crippen LogP contribution in [0.1, 0.15) is 24.8 Å². The van der Waals surface area contributed by atoms with Crippen LogP contribution in [-0.4, -0.2) is 27.6 Å². The molecule has 5 heteroatoms. The number of ether oxygens (including phenoxy) is 3. The summed E-state index contributed by atoms with van der Waals surface area (Å²) < 4.78 is 29.5. The van der Waals surface area contributed by atoms with Gasteiger partial charge in [-0.3, -0.25) is 0 Å². The van der Waals surface area contributed by atoms with E-state index in [1.165, 1.54) is 27.4 Å². The number of halogens is 1. The van der Waals surface area contributed by atoms with Crippen LogP contribution < -0.4 is 14.2 Å². The van der Waals surface area contributed by atoms with Crippen molar-refractivity contribution in [3.05, 3.63) is 17.4 Å². The highest BCUT2D eigenvalue weighted by molar-refractivity contribution is 5.58. The smallest absolute Gasteiger partial charge is 0.172 e. The lowest BCUT2D eigenvalue weighted by molar-refractivity contribution is -0.108. The van der Waals surface area contributed by atoms with Gasteiger partial charge in [-0.1, -0.05) is 6.92 Å². The first-order valence-corrected chi connectivity index (χ1v) is 5.52. The van der Waals surface area contributed by atoms with E-state index in [0.717, 1.165) is 6.29 Å². The molecular formula is C13H17FO4. The van der Waals surface area contributed by atoms with E-state index in [9.17, 15) is 9.18 Å². The number of rotatable bonds is 6. The van der Waals surface area contributed by atoms with Gasteiger partial charge < -0.3 is 19.0 Å². The quantitative estimate of drug-likeness (QED) is 0.734. The van der Waals surface area contributed by atoms with Crippen LogP contribution in [0.25, 0.3) is 0 Å². The standard InChI is InChI=1S/C13H17FO4/c1-8(5-6-15)11-12(14)9(16-2)7-10(17-3)13(11)18-4/h6-8H,5H2,1-4H3. The molecule has 100 valence electrons. The average Bonchev–Trinajstić information content (AvgIpc) is 2.38. The van der Waals surface area contributed by atoms with Crippen molar-refractivity contribution in [3.8, 4) is 17.2 Å². The molecule has 18 heavy (non-hydrogen) atoms. The van der Waals surface area contributed by atoms with Crippen LogP contribution in [0.5, 0.6) is 17.2 Å². The second kappa shape index (κ2) is 6.23. The Kier molecular flexibility index (Phi) is 4.95. The van der Waals surface area contributed by atoms with Crippen molar-refractivity contribution >= 4 is 6.29 Å². The highest BCUT2D eigenvalue weighted by Crippen LogP contribution is 2.42. The highest BCUT2D eigenvalue weighted by Gasteiger charge is 2.24. The van der Waals surface area contributed by atoms with Gasteiger partial charge in [0, 0.05) is 18.1 Å². The number of hydrogen-bond donors (Lipinski definition) is 0. The summed E-state index contributed by atoms with van der Waals surface area (Å²) in [5.74, 6) is -0.0972. The molecule has 0 bridgehead atoms. The number of aldehydes is 1. The van der Waals surface area contributed by atoms with Crippen LogP contribution in [-0.2, 0) is 4.79 Å². The topological polar surface area (TPSA) is 44.8 Å². The normalized spacial score (nSPS) is 11.8. The summed E-state index contributed by atoms with van der Waals surface area (Å²) in [6.45, 7) is 1.74. The van der Waals surface area contributed by atoms with Crippen molar-refractivity contribution in [2.24, 2.45) is 0 Å². The Labute approximate surface area is 106 Å². The number of hydrogen-bond acceptors (Lipinski definition) is 4. The van der Waals surface area contributed by atoms with E-state index >= 15 is 0 Å². The molecule has 1 atom stereocenters. The molecule has 0 spiro atoms. The molecule has 0 aliphatic heterocycles. The van der Waals surface area contributed by atoms with Crippen molar-refractivity contribution in [1.82, 2.24) is 0 Å². The molecule has 0 radical (unpaired) electrons. The van der Waals surface area contributed by atoms with Crippen LogP contribution in [0.15, 0.2) is 6.07 Å². The lowest BCUT2D eigenvalue weighted by atomic mass is 9.96. The minimum atomic E-state index is -0.524. The predicted octanol–water partition coefficient (Wildman–Crippen LogP) is 2.54. The molecule has 0 aliphatic rings. The summed E-state index contributed by atoms with van der Waals surface area (Å²) in [7, 11) is 4.27. The summed E-state index contributed by atoms with van der Waals surface area (Å²) in [5.41, 5.74) is 0.292. The molecule has 0 fully saturated rings. The van der Waals surface area contributed by atoms with Gasteiger partial charge in [0.25, 0.3) is 0 Å². The molecule has 1 rings (SSSR count). The summed E-state index contributed by atoms with van der Waals surface area (Å²) in [5, 5.41) is 0. The van der Waals surface area contributed by atoms with Gasteiger partial charge in [0.05, 0.1) is 21.3 Å². The highest BCUT2D eigenvalue weighted by atomic mass is 19.1. The van der Waals surface area contributed by atoms with E-state index in [-0.39, 0.29) is 18.1 Å². The second-order valence-electron chi connectivity index (χ2n) is 3.85. The molecule has 0 aliphatic carbocycles. The summed E-state index contributed by atoms with van der Waals surface area (Å²) in [4.78, 5) is 10.6. The number of benzene rings is 1. The lowest BCUT2D eigenvalue weighted by Crippen LogP contribution is -2.06. The molecule has 1 aromatic carbocycles. The van der Waals surface area contributed by atoms with Gasteiger partial charge in [-0.2, -0.15) is 0 Å². The van der Waals surface area contributed by atoms with Gasteiger partial charge in [-0.25, -0.2) is 4.39 Å². The van der Waals surface area contributed by atoms with Crippen molar-refractivity contribution in [3.63, 3.8) is 0 Å². The maximum absolute atomic E-state index is 14.2. The molecule has 1 unspecified atom stereocenters. The van der Waals surface area contributed by atoms with E-state index in [1.807, 2.05) is 0 Å². The van der Waals surface area contributed by atoms with Crippen LogP contribution in [0, 0.1) is 5.82 Å². The minimum absolute atomic E-state index is 0.0698. The molecule has 0 saturated heterocycles. The first-order chi connectivity index (χ1) is 8.60. The Bertz CT molecular complexity index is 431. The van der Waals surface area contributed by atoms with Gasteiger partial charge in [-0.05, 0) is 5.92 Å². The zero-order valence-electron chi connectivity index (χ0n) is 11.0. The van der Waals surface area contributed by atoms with Crippen molar-refractivity contribution < 1.29 is 23.4 Å². The Hall–Kier alpha value is -1.78. The fourth-order valence-electron chi connectivity index (χ4n) is 1.83. The maximum Gasteiger partial charge on any atom is 0.172 e. The minimum Gasteiger partial charge on any atom is -0.494 e. The first kappa shape index (κ1) is 14.3. The van der Waals surface area contributed by atoms with E-state index in [2.05, 4.69) is 0 Å². The number of methoxy groups -OCH3 is 3. The van der Waals surface area contributed by atoms with E-state index in [0.29, 0.717) is 17.1 Å². The lowest BCUT2D eigenvalue weighted by Gasteiger charge is -2.19. The van der Waals surface area contributed by atoms with Crippen LogP contribution in [0.4, 0.5) is 4.39 Å². The molecule has 0 aromatic heterocycles. The summed E-state index contributed by atoms with van der Waals surface area (Å²) in [6, 6.07) is 1.42. The van der Waals surface area contributed by atoms with Crippen LogP contribution in [0.3, 0.4) is 0 Å². The van der Waals surface area contributed by atoms with E-state index < -0.39 is 5.82 Å². The maximum atomic E-state index is 14.2. The molecule has 0 saturated carbocycles. The molecule has 0 amide bonds. The van der Waals surface area contributed by atoms with Crippen molar-refractivity contribution in [2.45, 2.75) is 19.3 Å². The van der Waals surface area contributed by atoms with Gasteiger partial charge in [0.2, 0.25) is 0 Å². The van der Waals surface area contributed by atoms with Crippen molar-refractivity contribution in [1.29, 1.82) is 0 Å². The third-order valence-corrected chi connectivity index (χ3v) is 2.77. The summed E-state index contributed by atoms with van der Waals surface area (Å²) in [6.07, 6.45) is 0.944. The fourth-order valence-corrected chi connectivity index (χ4v) is 1.83. The Morgan fingerprint density at radius 2 is 1.83 bits per heavy atom. The zero-order valence-corrected chi connectivity index (χ0v) is 11.0. The summed E-state index contributed by atoms with van der Waals surface area (Å²) >= 11 is 0. The fraction of sp³-hybridized carbons (Fsp3) is 0.462. The Balaban J connectivity index is 3.46. The van der Waals surface area contributed by atoms with Crippen LogP contribution >= 0.6 is 0 Å². The number of carbonyl (C=O) groups is 1. The van der Waals surface area contributed by atoms with E-state index in [1.54, 1.807) is 6.92 Å². The van der Waals surface area contributed by atoms with Crippen molar-refractivity contribution in [2.75, 3.05) is 21.3 Å². The van der Waals surface area contributed by atoms with Gasteiger partial charge >= 0.3 is 0 Å². The molecule has 0 heterocycles. The Morgan fingerprint density at radius 1 is 1.22 bits per heavy atom. The largest absolute Gasteiger partial charge is 0.494 e. The average molecular weight is 256 g/mol. The molecule has 0 N–H and O–H groups in total. The van der Waals surface area contributed by atoms with Crippen LogP contribution in [0.2, 0.25) is 0 Å².